The molecule has 2 aromatic carbocycles. The van der Waals surface area contributed by atoms with Gasteiger partial charge in [0, 0.05) is 59.1 Å². The molecular formula is C33H36Cl2N2O4. The molecule has 1 aliphatic heterocycles. The number of allylic oxidation sites excluding steroid dienone is 4. The van der Waals surface area contributed by atoms with Crippen LogP contribution in [0.5, 0.6) is 5.75 Å². The summed E-state index contributed by atoms with van der Waals surface area (Å²) < 4.78 is 6.09. The second kappa shape index (κ2) is 11.0. The second-order valence-electron chi connectivity index (χ2n) is 12.8. The van der Waals surface area contributed by atoms with Crippen LogP contribution < -0.4 is 10.1 Å². The van der Waals surface area contributed by atoms with Crippen LogP contribution in [0.1, 0.15) is 71.8 Å². The fraction of sp³-hybridized carbons (Fsp3) is 0.424. The molecule has 3 aliphatic rings. The van der Waals surface area contributed by atoms with Crippen LogP contribution in [-0.2, 0) is 14.4 Å². The second-order valence-corrected chi connectivity index (χ2v) is 13.6. The van der Waals surface area contributed by atoms with Gasteiger partial charge in [0.05, 0.1) is 10.0 Å². The molecule has 2 aromatic rings. The Hall–Kier alpha value is -3.09. The number of ether oxygens (including phenoxy) is 1. The van der Waals surface area contributed by atoms with Gasteiger partial charge in [-0.1, -0.05) is 69.1 Å². The van der Waals surface area contributed by atoms with E-state index in [2.05, 4.69) is 44.8 Å². The number of carbonyl (C=O) groups is 3. The summed E-state index contributed by atoms with van der Waals surface area (Å²) in [6.45, 7) is 11.0. The molecule has 5 rings (SSSR count). The monoisotopic (exact) mass is 594 g/mol. The van der Waals surface area contributed by atoms with Crippen molar-refractivity contribution in [1.29, 1.82) is 0 Å². The number of amides is 1. The number of hydrogen-bond acceptors (Lipinski definition) is 5. The van der Waals surface area contributed by atoms with Crippen molar-refractivity contribution in [2.45, 2.75) is 66.2 Å². The summed E-state index contributed by atoms with van der Waals surface area (Å²) in [5.74, 6) is -0.304. The molecule has 2 aliphatic carbocycles. The van der Waals surface area contributed by atoms with Gasteiger partial charge in [-0.05, 0) is 54.9 Å². The topological polar surface area (TPSA) is 75.7 Å². The predicted octanol–water partition coefficient (Wildman–Crippen LogP) is 7.72. The van der Waals surface area contributed by atoms with E-state index in [1.54, 1.807) is 24.3 Å². The summed E-state index contributed by atoms with van der Waals surface area (Å²) in [5.41, 5.74) is 4.27. The lowest BCUT2D eigenvalue weighted by atomic mass is 9.63. The Morgan fingerprint density at radius 1 is 0.902 bits per heavy atom. The first-order valence-corrected chi connectivity index (χ1v) is 14.8. The van der Waals surface area contributed by atoms with Gasteiger partial charge in [0.1, 0.15) is 5.75 Å². The summed E-state index contributed by atoms with van der Waals surface area (Å²) in [7, 11) is 0. The Bertz CT molecular complexity index is 1450. The van der Waals surface area contributed by atoms with Gasteiger partial charge in [-0.15, -0.1) is 0 Å². The highest BCUT2D eigenvalue weighted by Gasteiger charge is 2.49. The van der Waals surface area contributed by atoms with Gasteiger partial charge in [-0.2, -0.15) is 0 Å². The summed E-state index contributed by atoms with van der Waals surface area (Å²) in [6.07, 6.45) is 2.33. The molecule has 0 spiro atoms. The third-order valence-electron chi connectivity index (χ3n) is 8.13. The van der Waals surface area contributed by atoms with E-state index in [1.807, 2.05) is 18.2 Å². The third-order valence-corrected chi connectivity index (χ3v) is 8.87. The van der Waals surface area contributed by atoms with Crippen LogP contribution in [0.4, 0.5) is 5.69 Å². The smallest absolute Gasteiger partial charge is 0.262 e. The van der Waals surface area contributed by atoms with E-state index < -0.39 is 5.92 Å². The van der Waals surface area contributed by atoms with E-state index in [0.29, 0.717) is 52.0 Å². The van der Waals surface area contributed by atoms with Crippen molar-refractivity contribution in [3.63, 3.8) is 0 Å². The van der Waals surface area contributed by atoms with Crippen LogP contribution in [0.2, 0.25) is 10.0 Å². The van der Waals surface area contributed by atoms with E-state index in [4.69, 9.17) is 27.9 Å². The quantitative estimate of drug-likeness (QED) is 0.370. The fourth-order valence-electron chi connectivity index (χ4n) is 6.51. The molecule has 1 heterocycles. The highest BCUT2D eigenvalue weighted by Crippen LogP contribution is 2.55. The first-order chi connectivity index (χ1) is 19.3. The zero-order valence-corrected chi connectivity index (χ0v) is 25.7. The van der Waals surface area contributed by atoms with Crippen molar-refractivity contribution in [2.24, 2.45) is 10.8 Å². The van der Waals surface area contributed by atoms with Crippen molar-refractivity contribution in [3.8, 4) is 5.75 Å². The molecule has 0 fully saturated rings. The van der Waals surface area contributed by atoms with Crippen molar-refractivity contribution < 1.29 is 19.1 Å². The molecule has 0 bridgehead atoms. The van der Waals surface area contributed by atoms with Crippen molar-refractivity contribution in [1.82, 2.24) is 4.90 Å². The van der Waals surface area contributed by atoms with E-state index in [1.165, 1.54) is 0 Å². The van der Waals surface area contributed by atoms with Crippen molar-refractivity contribution in [3.05, 3.63) is 80.6 Å². The summed E-state index contributed by atoms with van der Waals surface area (Å²) >= 11 is 12.1. The standard InChI is InChI=1S/C33H36Cl2N2O4/c1-6-37-23-14-32(2,3)16-25(38)30(23)29(31-24(37)15-33(4,5)17-26(31)39)20-9-7-8-10-27(20)41-18-28(40)36-19-11-12-21(34)22(35)13-19/h7-13,29H,6,14-18H2,1-5H3,(H,36,40). The third kappa shape index (κ3) is 5.82. The zero-order valence-electron chi connectivity index (χ0n) is 24.2. The van der Waals surface area contributed by atoms with Crippen LogP contribution in [0.3, 0.4) is 0 Å². The molecule has 0 saturated carbocycles. The molecule has 0 aromatic heterocycles. The van der Waals surface area contributed by atoms with Gasteiger partial charge in [0.2, 0.25) is 0 Å². The summed E-state index contributed by atoms with van der Waals surface area (Å²) in [6, 6.07) is 12.3. The Kier molecular flexibility index (Phi) is 7.86. The molecular weight excluding hydrogens is 559 g/mol. The van der Waals surface area contributed by atoms with Crippen LogP contribution in [-0.4, -0.2) is 35.5 Å². The van der Waals surface area contributed by atoms with Crippen LogP contribution >= 0.6 is 23.2 Å². The van der Waals surface area contributed by atoms with E-state index in [0.717, 1.165) is 29.8 Å². The van der Waals surface area contributed by atoms with Gasteiger partial charge in [0.25, 0.3) is 5.91 Å². The molecule has 0 radical (unpaired) electrons. The molecule has 216 valence electrons. The zero-order chi connectivity index (χ0) is 29.7. The molecule has 6 nitrogen and oxygen atoms in total. The number of benzene rings is 2. The number of nitrogens with one attached hydrogen (secondary N) is 1. The van der Waals surface area contributed by atoms with Gasteiger partial charge in [-0.25, -0.2) is 0 Å². The van der Waals surface area contributed by atoms with Gasteiger partial charge in [0.15, 0.2) is 18.2 Å². The lowest BCUT2D eigenvalue weighted by molar-refractivity contribution is -0.120. The summed E-state index contributed by atoms with van der Waals surface area (Å²) in [4.78, 5) is 42.8. The highest BCUT2D eigenvalue weighted by atomic mass is 35.5. The number of hydrogen-bond donors (Lipinski definition) is 1. The minimum atomic E-state index is -0.538. The molecule has 1 amide bonds. The number of para-hydroxylation sites is 1. The Labute approximate surface area is 251 Å². The Morgan fingerprint density at radius 2 is 1.49 bits per heavy atom. The lowest BCUT2D eigenvalue weighted by Gasteiger charge is -2.49. The average molecular weight is 596 g/mol. The van der Waals surface area contributed by atoms with E-state index >= 15 is 0 Å². The van der Waals surface area contributed by atoms with Crippen molar-refractivity contribution in [2.75, 3.05) is 18.5 Å². The fourth-order valence-corrected chi connectivity index (χ4v) is 6.80. The maximum absolute atomic E-state index is 13.9. The van der Waals surface area contributed by atoms with E-state index in [-0.39, 0.29) is 34.9 Å². The SMILES string of the molecule is CCN1C2=C(C(=O)CC(C)(C)C2)C(c2ccccc2OCC(=O)Nc2ccc(Cl)c(Cl)c2)C2=C1CC(C)(C)CC2=O. The highest BCUT2D eigenvalue weighted by molar-refractivity contribution is 6.42. The maximum atomic E-state index is 13.9. The van der Waals surface area contributed by atoms with Crippen LogP contribution in [0, 0.1) is 10.8 Å². The molecule has 0 atom stereocenters. The Morgan fingerprint density at radius 3 is 2.05 bits per heavy atom. The van der Waals surface area contributed by atoms with Gasteiger partial charge < -0.3 is 15.0 Å². The number of Topliss-reactive ketones (excluding diaryl/α,β-unsaturated/α-hetero) is 2. The number of halogens is 2. The Balaban J connectivity index is 1.54. The summed E-state index contributed by atoms with van der Waals surface area (Å²) in [5, 5.41) is 3.51. The number of carbonyl (C=O) groups excluding carboxylic acids is 3. The number of rotatable bonds is 6. The first kappa shape index (κ1) is 29.4. The van der Waals surface area contributed by atoms with Gasteiger partial charge >= 0.3 is 0 Å². The molecule has 0 saturated heterocycles. The number of anilines is 1. The number of ketones is 2. The predicted molar refractivity (Wildman–Crippen MR) is 162 cm³/mol. The molecule has 0 unspecified atom stereocenters. The minimum Gasteiger partial charge on any atom is -0.483 e. The first-order valence-electron chi connectivity index (χ1n) is 14.1. The average Bonchev–Trinajstić information content (AvgIpc) is 2.87. The lowest BCUT2D eigenvalue weighted by Crippen LogP contribution is -2.44. The van der Waals surface area contributed by atoms with Crippen LogP contribution in [0.25, 0.3) is 0 Å². The minimum absolute atomic E-state index is 0.0658. The molecule has 1 N–H and O–H groups in total. The van der Waals surface area contributed by atoms with Gasteiger partial charge in [-0.3, -0.25) is 14.4 Å². The number of nitrogens with zero attached hydrogens (tertiary/aromatic N) is 1. The maximum Gasteiger partial charge on any atom is 0.262 e. The van der Waals surface area contributed by atoms with Crippen LogP contribution in [0.15, 0.2) is 65.0 Å². The molecule has 8 heteroatoms. The molecule has 41 heavy (non-hydrogen) atoms. The van der Waals surface area contributed by atoms with E-state index in [9.17, 15) is 14.4 Å². The largest absolute Gasteiger partial charge is 0.483 e. The van der Waals surface area contributed by atoms with Crippen molar-refractivity contribution >= 4 is 46.4 Å². The normalized spacial score (nSPS) is 20.1.